The molecule has 2 rings (SSSR count). The highest BCUT2D eigenvalue weighted by molar-refractivity contribution is 6.11. The lowest BCUT2D eigenvalue weighted by Gasteiger charge is -2.27. The van der Waals surface area contributed by atoms with E-state index >= 15 is 0 Å². The van der Waals surface area contributed by atoms with Crippen LogP contribution in [0.5, 0.6) is 0 Å². The van der Waals surface area contributed by atoms with E-state index in [2.05, 4.69) is 16.0 Å². The van der Waals surface area contributed by atoms with Gasteiger partial charge in [0.05, 0.1) is 23.0 Å². The molecule has 0 aliphatic carbocycles. The third kappa shape index (κ3) is 4.41. The first-order chi connectivity index (χ1) is 11.7. The Morgan fingerprint density at radius 2 is 2.12 bits per heavy atom. The number of hydrogen-bond acceptors (Lipinski definition) is 6. The van der Waals surface area contributed by atoms with Crippen LogP contribution in [0.3, 0.4) is 0 Å². The van der Waals surface area contributed by atoms with Crippen molar-refractivity contribution in [2.45, 2.75) is 31.7 Å². The van der Waals surface area contributed by atoms with Crippen molar-refractivity contribution in [3.05, 3.63) is 23.8 Å². The van der Waals surface area contributed by atoms with Crippen LogP contribution in [0.15, 0.2) is 18.2 Å². The summed E-state index contributed by atoms with van der Waals surface area (Å²) in [6.07, 6.45) is 4.33. The van der Waals surface area contributed by atoms with Gasteiger partial charge < -0.3 is 30.9 Å². The number of aldehydes is 2. The second-order valence-electron chi connectivity index (χ2n) is 6.05. The maximum Gasteiger partial charge on any atom is 0.129 e. The highest BCUT2D eigenvalue weighted by atomic mass is 16.1. The van der Waals surface area contributed by atoms with E-state index in [4.69, 9.17) is 5.41 Å². The third-order valence-corrected chi connectivity index (χ3v) is 4.43. The van der Waals surface area contributed by atoms with Crippen molar-refractivity contribution in [3.63, 3.8) is 0 Å². The van der Waals surface area contributed by atoms with Crippen LogP contribution >= 0.6 is 0 Å². The van der Waals surface area contributed by atoms with Gasteiger partial charge >= 0.3 is 0 Å². The van der Waals surface area contributed by atoms with Crippen LogP contribution in [0.2, 0.25) is 0 Å². The van der Waals surface area contributed by atoms with Gasteiger partial charge in [-0.2, -0.15) is 0 Å². The summed E-state index contributed by atoms with van der Waals surface area (Å²) in [7, 11) is 1.82. The molecule has 1 atom stereocenters. The summed E-state index contributed by atoms with van der Waals surface area (Å²) in [5.74, 6) is -0.559. The Balaban J connectivity index is 2.22. The molecule has 1 unspecified atom stereocenters. The van der Waals surface area contributed by atoms with Gasteiger partial charge in [-0.25, -0.2) is 0 Å². The molecule has 0 aromatic heterocycles. The Hall–Kier alpha value is -2.21. The Morgan fingerprint density at radius 1 is 1.38 bits per heavy atom. The summed E-state index contributed by atoms with van der Waals surface area (Å²) in [4.78, 5) is 21.9. The normalized spacial score (nSPS) is 16.2. The van der Waals surface area contributed by atoms with Gasteiger partial charge in [0.2, 0.25) is 0 Å². The van der Waals surface area contributed by atoms with E-state index < -0.39 is 5.92 Å². The zero-order chi connectivity index (χ0) is 17.4. The molecule has 130 valence electrons. The lowest BCUT2D eigenvalue weighted by molar-refractivity contribution is -0.110. The molecule has 1 aliphatic rings. The molecule has 6 heteroatoms. The van der Waals surface area contributed by atoms with Crippen LogP contribution in [0.4, 0.5) is 11.4 Å². The van der Waals surface area contributed by atoms with Gasteiger partial charge in [0.25, 0.3) is 0 Å². The predicted octanol–water partition coefficient (Wildman–Crippen LogP) is 2.05. The first kappa shape index (κ1) is 18.1. The van der Waals surface area contributed by atoms with Crippen molar-refractivity contribution < 1.29 is 9.59 Å². The van der Waals surface area contributed by atoms with Gasteiger partial charge in [-0.1, -0.05) is 12.1 Å². The van der Waals surface area contributed by atoms with Crippen LogP contribution in [0, 0.1) is 11.3 Å². The van der Waals surface area contributed by atoms with Gasteiger partial charge in [-0.3, -0.25) is 0 Å². The van der Waals surface area contributed by atoms with E-state index in [1.54, 1.807) is 0 Å². The smallest absolute Gasteiger partial charge is 0.129 e. The fraction of sp³-hybridized carbons (Fsp3) is 0.500. The molecule has 1 aliphatic heterocycles. The van der Waals surface area contributed by atoms with Crippen LogP contribution in [0.1, 0.15) is 31.2 Å². The zero-order valence-corrected chi connectivity index (χ0v) is 14.1. The third-order valence-electron chi connectivity index (χ3n) is 4.43. The van der Waals surface area contributed by atoms with E-state index in [-0.39, 0.29) is 12.1 Å². The van der Waals surface area contributed by atoms with Crippen molar-refractivity contribution in [2.75, 3.05) is 30.8 Å². The zero-order valence-electron chi connectivity index (χ0n) is 14.1. The fourth-order valence-electron chi connectivity index (χ4n) is 3.08. The topological polar surface area (TPSA) is 94.1 Å². The fourth-order valence-corrected chi connectivity index (χ4v) is 3.08. The molecule has 0 radical (unpaired) electrons. The maximum absolute atomic E-state index is 11.3. The number of hydrogen-bond donors (Lipinski definition) is 4. The molecule has 1 fully saturated rings. The standard InChI is InChI=1S/C18H26N4O2/c1-20-18-15(17(19)13(12-24)4-3-11-23)5-2-6-16(18)22-14-7-9-21-10-8-14/h2,5-6,11-14,19-22H,3-4,7-10H2,1H3. The number of carbonyl (C=O) groups is 2. The van der Waals surface area contributed by atoms with Crippen LogP contribution in [-0.4, -0.2) is 44.5 Å². The highest BCUT2D eigenvalue weighted by Crippen LogP contribution is 2.29. The van der Waals surface area contributed by atoms with Gasteiger partial charge in [0.1, 0.15) is 12.6 Å². The Kier molecular flexibility index (Phi) is 6.93. The number of para-hydroxylation sites is 1. The van der Waals surface area contributed by atoms with Crippen LogP contribution < -0.4 is 16.0 Å². The second kappa shape index (κ2) is 9.17. The summed E-state index contributed by atoms with van der Waals surface area (Å²) in [5.41, 5.74) is 2.75. The SMILES string of the molecule is CNc1c(NC2CCNCC2)cccc1C(=N)C(C=O)CCC=O. The van der Waals surface area contributed by atoms with E-state index in [9.17, 15) is 9.59 Å². The molecule has 1 aromatic carbocycles. The number of carbonyl (C=O) groups excluding carboxylic acids is 2. The quantitative estimate of drug-likeness (QED) is 0.411. The summed E-state index contributed by atoms with van der Waals surface area (Å²) < 4.78 is 0. The minimum atomic E-state index is -0.559. The van der Waals surface area contributed by atoms with Crippen molar-refractivity contribution in [2.24, 2.45) is 5.92 Å². The van der Waals surface area contributed by atoms with Gasteiger partial charge in [-0.15, -0.1) is 0 Å². The number of nitrogens with one attached hydrogen (secondary N) is 4. The van der Waals surface area contributed by atoms with Gasteiger partial charge in [0.15, 0.2) is 0 Å². The van der Waals surface area contributed by atoms with Crippen molar-refractivity contribution in [1.29, 1.82) is 5.41 Å². The summed E-state index contributed by atoms with van der Waals surface area (Å²) in [6.45, 7) is 2.00. The largest absolute Gasteiger partial charge is 0.386 e. The number of piperidine rings is 1. The molecule has 0 saturated carbocycles. The number of anilines is 2. The number of rotatable bonds is 9. The van der Waals surface area contributed by atoms with Crippen molar-refractivity contribution in [1.82, 2.24) is 5.32 Å². The number of benzene rings is 1. The minimum Gasteiger partial charge on any atom is -0.386 e. The van der Waals surface area contributed by atoms with Gasteiger partial charge in [-0.05, 0) is 38.4 Å². The monoisotopic (exact) mass is 330 g/mol. The average Bonchev–Trinajstić information content (AvgIpc) is 2.62. The van der Waals surface area contributed by atoms with Crippen LogP contribution in [-0.2, 0) is 9.59 Å². The summed E-state index contributed by atoms with van der Waals surface area (Å²) in [6, 6.07) is 6.14. The van der Waals surface area contributed by atoms with E-state index in [1.807, 2.05) is 25.2 Å². The molecule has 1 saturated heterocycles. The summed E-state index contributed by atoms with van der Waals surface area (Å²) >= 11 is 0. The molecule has 1 aromatic rings. The molecule has 0 amide bonds. The Bertz CT molecular complexity index is 582. The molecule has 4 N–H and O–H groups in total. The Morgan fingerprint density at radius 3 is 2.75 bits per heavy atom. The van der Waals surface area contributed by atoms with E-state index in [1.165, 1.54) is 0 Å². The van der Waals surface area contributed by atoms with Crippen molar-refractivity contribution >= 4 is 29.7 Å². The highest BCUT2D eigenvalue weighted by Gasteiger charge is 2.21. The molecule has 6 nitrogen and oxygen atoms in total. The Labute approximate surface area is 142 Å². The molecule has 0 spiro atoms. The molecule has 1 heterocycles. The van der Waals surface area contributed by atoms with E-state index in [0.29, 0.717) is 18.0 Å². The predicted molar refractivity (Wildman–Crippen MR) is 97.2 cm³/mol. The first-order valence-electron chi connectivity index (χ1n) is 8.47. The van der Waals surface area contributed by atoms with E-state index in [0.717, 1.165) is 49.9 Å². The molecular formula is C18H26N4O2. The minimum absolute atomic E-state index is 0.255. The summed E-state index contributed by atoms with van der Waals surface area (Å²) in [5, 5.41) is 18.5. The molecule has 24 heavy (non-hydrogen) atoms. The second-order valence-corrected chi connectivity index (χ2v) is 6.05. The first-order valence-corrected chi connectivity index (χ1v) is 8.47. The lowest BCUT2D eigenvalue weighted by atomic mass is 9.92. The van der Waals surface area contributed by atoms with Gasteiger partial charge in [0, 0.05) is 25.1 Å². The maximum atomic E-state index is 11.3. The average molecular weight is 330 g/mol. The molecule has 0 bridgehead atoms. The lowest BCUT2D eigenvalue weighted by Crippen LogP contribution is -2.35. The molecular weight excluding hydrogens is 304 g/mol. The van der Waals surface area contributed by atoms with Crippen LogP contribution in [0.25, 0.3) is 0 Å². The van der Waals surface area contributed by atoms with Crippen molar-refractivity contribution in [3.8, 4) is 0 Å².